The fourth-order valence-electron chi connectivity index (χ4n) is 0.880. The Morgan fingerprint density at radius 2 is 2.08 bits per heavy atom. The summed E-state index contributed by atoms with van der Waals surface area (Å²) in [6.07, 6.45) is 0. The van der Waals surface area contributed by atoms with Crippen LogP contribution in [-0.4, -0.2) is 13.6 Å². The third-order valence-electron chi connectivity index (χ3n) is 1.50. The highest BCUT2D eigenvalue weighted by atomic mass is 35.7. The molecule has 68 valence electrons. The monoisotopic (exact) mass is 209 g/mol. The van der Waals surface area contributed by atoms with E-state index in [1.54, 1.807) is 13.8 Å². The summed E-state index contributed by atoms with van der Waals surface area (Å²) in [6, 6.07) is 0. The minimum Gasteiger partial charge on any atom is -0.361 e. The number of rotatable bonds is 2. The molecular formula is C6H8ClNO3S. The summed E-state index contributed by atoms with van der Waals surface area (Å²) in [5, 5.41) is 3.60. The summed E-state index contributed by atoms with van der Waals surface area (Å²) in [6.45, 7) is 3.32. The van der Waals surface area contributed by atoms with Crippen molar-refractivity contribution in [2.75, 3.05) is 0 Å². The van der Waals surface area contributed by atoms with Gasteiger partial charge in [0.1, 0.15) is 5.76 Å². The van der Waals surface area contributed by atoms with Gasteiger partial charge in [-0.05, 0) is 13.8 Å². The Bertz CT molecular complexity index is 362. The van der Waals surface area contributed by atoms with E-state index in [2.05, 4.69) is 5.16 Å². The average molecular weight is 210 g/mol. The maximum atomic E-state index is 10.7. The summed E-state index contributed by atoms with van der Waals surface area (Å²) in [5.74, 6) is 0.271. The lowest BCUT2D eigenvalue weighted by atomic mass is 10.2. The van der Waals surface area contributed by atoms with Crippen molar-refractivity contribution in [3.05, 3.63) is 17.0 Å². The van der Waals surface area contributed by atoms with Crippen LogP contribution < -0.4 is 0 Å². The maximum Gasteiger partial charge on any atom is 0.236 e. The Hall–Kier alpha value is -0.550. The topological polar surface area (TPSA) is 60.2 Å². The quantitative estimate of drug-likeness (QED) is 0.690. The number of nitrogens with zero attached hydrogens (tertiary/aromatic N) is 1. The molecule has 0 saturated heterocycles. The van der Waals surface area contributed by atoms with E-state index in [9.17, 15) is 8.42 Å². The molecule has 1 rings (SSSR count). The van der Waals surface area contributed by atoms with Gasteiger partial charge in [-0.25, -0.2) is 8.42 Å². The van der Waals surface area contributed by atoms with Crippen LogP contribution in [0.3, 0.4) is 0 Å². The number of aromatic nitrogens is 1. The van der Waals surface area contributed by atoms with E-state index in [-0.39, 0.29) is 5.75 Å². The lowest BCUT2D eigenvalue weighted by Crippen LogP contribution is -1.97. The molecule has 6 heteroatoms. The molecule has 1 aromatic rings. The molecule has 0 N–H and O–H groups in total. The van der Waals surface area contributed by atoms with E-state index in [0.29, 0.717) is 17.0 Å². The number of hydrogen-bond acceptors (Lipinski definition) is 4. The van der Waals surface area contributed by atoms with Crippen molar-refractivity contribution in [1.29, 1.82) is 0 Å². The number of hydrogen-bond donors (Lipinski definition) is 0. The van der Waals surface area contributed by atoms with Gasteiger partial charge in [0.15, 0.2) is 0 Å². The SMILES string of the molecule is Cc1noc(C)c1CS(=O)(=O)Cl. The molecule has 12 heavy (non-hydrogen) atoms. The van der Waals surface area contributed by atoms with Crippen LogP contribution in [-0.2, 0) is 14.8 Å². The first-order valence-corrected chi connectivity index (χ1v) is 5.72. The third kappa shape index (κ3) is 2.22. The van der Waals surface area contributed by atoms with Crippen LogP contribution in [0, 0.1) is 13.8 Å². The van der Waals surface area contributed by atoms with Crippen molar-refractivity contribution in [1.82, 2.24) is 5.16 Å². The van der Waals surface area contributed by atoms with Crippen molar-refractivity contribution >= 4 is 19.7 Å². The molecule has 0 aliphatic heterocycles. The average Bonchev–Trinajstić information content (AvgIpc) is 2.16. The molecule has 0 radical (unpaired) electrons. The van der Waals surface area contributed by atoms with Crippen molar-refractivity contribution in [2.45, 2.75) is 19.6 Å². The van der Waals surface area contributed by atoms with Crippen LogP contribution in [0.4, 0.5) is 0 Å². The second kappa shape index (κ2) is 3.06. The Morgan fingerprint density at radius 1 is 1.50 bits per heavy atom. The first kappa shape index (κ1) is 9.54. The smallest absolute Gasteiger partial charge is 0.236 e. The van der Waals surface area contributed by atoms with Crippen LogP contribution in [0.15, 0.2) is 4.52 Å². The summed E-state index contributed by atoms with van der Waals surface area (Å²) in [4.78, 5) is 0. The predicted molar refractivity (Wildman–Crippen MR) is 44.5 cm³/mol. The van der Waals surface area contributed by atoms with Crippen LogP contribution in [0.2, 0.25) is 0 Å². The summed E-state index contributed by atoms with van der Waals surface area (Å²) in [5.41, 5.74) is 1.11. The molecule has 0 aliphatic rings. The lowest BCUT2D eigenvalue weighted by Gasteiger charge is -1.93. The van der Waals surface area contributed by atoms with Gasteiger partial charge in [0.05, 0.1) is 11.4 Å². The van der Waals surface area contributed by atoms with Crippen LogP contribution >= 0.6 is 10.7 Å². The van der Waals surface area contributed by atoms with E-state index < -0.39 is 9.05 Å². The molecular weight excluding hydrogens is 202 g/mol. The highest BCUT2D eigenvalue weighted by molar-refractivity contribution is 8.13. The molecule has 4 nitrogen and oxygen atoms in total. The zero-order chi connectivity index (χ0) is 9.35. The first-order chi connectivity index (χ1) is 5.40. The minimum absolute atomic E-state index is 0.226. The highest BCUT2D eigenvalue weighted by Crippen LogP contribution is 2.17. The second-order valence-corrected chi connectivity index (χ2v) is 5.26. The van der Waals surface area contributed by atoms with Gasteiger partial charge in [-0.3, -0.25) is 0 Å². The maximum absolute atomic E-state index is 10.7. The van der Waals surface area contributed by atoms with Crippen molar-refractivity contribution in [3.8, 4) is 0 Å². The molecule has 0 aromatic carbocycles. The van der Waals surface area contributed by atoms with Gasteiger partial charge in [-0.2, -0.15) is 0 Å². The van der Waals surface area contributed by atoms with Gasteiger partial charge >= 0.3 is 0 Å². The second-order valence-electron chi connectivity index (χ2n) is 2.49. The molecule has 0 amide bonds. The van der Waals surface area contributed by atoms with Gasteiger partial charge in [0.2, 0.25) is 9.05 Å². The molecule has 1 heterocycles. The molecule has 0 spiro atoms. The molecule has 0 saturated carbocycles. The van der Waals surface area contributed by atoms with Crippen LogP contribution in [0.1, 0.15) is 17.0 Å². The summed E-state index contributed by atoms with van der Waals surface area (Å²) in [7, 11) is 1.55. The van der Waals surface area contributed by atoms with Crippen molar-refractivity contribution in [2.24, 2.45) is 0 Å². The zero-order valence-electron chi connectivity index (χ0n) is 6.67. The molecule has 0 atom stereocenters. The summed E-state index contributed by atoms with van der Waals surface area (Å²) < 4.78 is 26.2. The van der Waals surface area contributed by atoms with Gasteiger partial charge in [-0.15, -0.1) is 0 Å². The molecule has 1 aromatic heterocycles. The third-order valence-corrected chi connectivity index (χ3v) is 2.46. The van der Waals surface area contributed by atoms with E-state index in [1.165, 1.54) is 0 Å². The van der Waals surface area contributed by atoms with E-state index >= 15 is 0 Å². The van der Waals surface area contributed by atoms with E-state index in [4.69, 9.17) is 15.2 Å². The van der Waals surface area contributed by atoms with Gasteiger partial charge < -0.3 is 4.52 Å². The molecule has 0 fully saturated rings. The van der Waals surface area contributed by atoms with E-state index in [0.717, 1.165) is 0 Å². The predicted octanol–water partition coefficient (Wildman–Crippen LogP) is 1.36. The fourth-order valence-corrected chi connectivity index (χ4v) is 1.96. The molecule has 0 bridgehead atoms. The van der Waals surface area contributed by atoms with Crippen molar-refractivity contribution < 1.29 is 12.9 Å². The number of aryl methyl sites for hydroxylation is 2. The van der Waals surface area contributed by atoms with Crippen LogP contribution in [0.25, 0.3) is 0 Å². The van der Waals surface area contributed by atoms with E-state index in [1.807, 2.05) is 0 Å². The largest absolute Gasteiger partial charge is 0.361 e. The lowest BCUT2D eigenvalue weighted by molar-refractivity contribution is 0.392. The minimum atomic E-state index is -3.52. The van der Waals surface area contributed by atoms with Gasteiger partial charge in [-0.1, -0.05) is 5.16 Å². The Labute approximate surface area is 74.9 Å². The van der Waals surface area contributed by atoms with Gasteiger partial charge in [0.25, 0.3) is 0 Å². The van der Waals surface area contributed by atoms with Crippen LogP contribution in [0.5, 0.6) is 0 Å². The molecule has 0 aliphatic carbocycles. The Balaban J connectivity index is 3.04. The Morgan fingerprint density at radius 3 is 2.42 bits per heavy atom. The normalized spacial score (nSPS) is 11.9. The Kier molecular flexibility index (Phi) is 2.44. The highest BCUT2D eigenvalue weighted by Gasteiger charge is 2.15. The van der Waals surface area contributed by atoms with Crippen molar-refractivity contribution in [3.63, 3.8) is 0 Å². The summed E-state index contributed by atoms with van der Waals surface area (Å²) >= 11 is 0. The standard InChI is InChI=1S/C6H8ClNO3S/c1-4-6(3-12(7,9)10)5(2)11-8-4/h3H2,1-2H3. The zero-order valence-corrected chi connectivity index (χ0v) is 8.24. The van der Waals surface area contributed by atoms with Gasteiger partial charge in [0, 0.05) is 16.2 Å². The fraction of sp³-hybridized carbons (Fsp3) is 0.500. The number of halogens is 1. The first-order valence-electron chi connectivity index (χ1n) is 3.24. The molecule has 0 unspecified atom stereocenters.